The molecule has 1 unspecified atom stereocenters. The number of alkyl halides is 3. The lowest BCUT2D eigenvalue weighted by molar-refractivity contribution is -0.139. The number of benzene rings is 3. The van der Waals surface area contributed by atoms with Gasteiger partial charge in [0.05, 0.1) is 86.5 Å². The van der Waals surface area contributed by atoms with Crippen LogP contribution < -0.4 is 20.1 Å². The molecule has 2 N–H and O–H groups in total. The normalized spacial score (nSPS) is 17.3. The number of nitrogens with one attached hydrogen (secondary N) is 2. The van der Waals surface area contributed by atoms with Crippen LogP contribution in [0.15, 0.2) is 59.5 Å². The van der Waals surface area contributed by atoms with Crippen LogP contribution in [0.2, 0.25) is 0 Å². The van der Waals surface area contributed by atoms with E-state index >= 15 is 0 Å². The van der Waals surface area contributed by atoms with Gasteiger partial charge in [0, 0.05) is 18.7 Å². The smallest absolute Gasteiger partial charge is 0.420 e. The van der Waals surface area contributed by atoms with Crippen molar-refractivity contribution in [1.82, 2.24) is 15.1 Å². The number of nitriles is 1. The van der Waals surface area contributed by atoms with E-state index in [2.05, 4.69) is 10.6 Å². The molecule has 3 aliphatic heterocycles. The van der Waals surface area contributed by atoms with Crippen molar-refractivity contribution >= 4 is 58.3 Å². The number of hydrogen-bond acceptors (Lipinski definition) is 14. The van der Waals surface area contributed by atoms with Crippen LogP contribution in [-0.2, 0) is 34.8 Å². The number of halogens is 3. The molecule has 0 aliphatic carbocycles. The molecule has 0 bridgehead atoms. The van der Waals surface area contributed by atoms with Crippen molar-refractivity contribution in [3.8, 4) is 23.3 Å². The van der Waals surface area contributed by atoms with Gasteiger partial charge in [0.2, 0.25) is 11.8 Å². The molecular formula is C40H36F3N5O11S. The predicted molar refractivity (Wildman–Crippen MR) is 206 cm³/mol. The first-order valence-corrected chi connectivity index (χ1v) is 19.2. The third-order valence-corrected chi connectivity index (χ3v) is 10.1. The molecule has 6 rings (SSSR count). The maximum absolute atomic E-state index is 13.6. The van der Waals surface area contributed by atoms with Gasteiger partial charge in [0.25, 0.3) is 23.0 Å². The lowest BCUT2D eigenvalue weighted by Crippen LogP contribution is -2.54. The molecular weight excluding hydrogens is 816 g/mol. The fraction of sp³-hybridized carbons (Fsp3) is 0.325. The Kier molecular flexibility index (Phi) is 13.9. The van der Waals surface area contributed by atoms with E-state index in [4.69, 9.17) is 28.9 Å². The van der Waals surface area contributed by atoms with Crippen LogP contribution in [0.4, 0.5) is 23.7 Å². The minimum atomic E-state index is -4.79. The van der Waals surface area contributed by atoms with E-state index in [0.29, 0.717) is 23.9 Å². The predicted octanol–water partition coefficient (Wildman–Crippen LogP) is 4.98. The van der Waals surface area contributed by atoms with Gasteiger partial charge in [0.1, 0.15) is 11.8 Å². The van der Waals surface area contributed by atoms with Crippen molar-refractivity contribution < 1.29 is 65.6 Å². The SMILES string of the molecule is COc1cc(C=C2SC(=O)N(CCOCCOCCOCCNc3cccc4c3C(=O)N(C3CCC(=O)NC3=O)C4=O)C2=O)ccc1Oc1ccc(C#N)cc1C(F)(F)F. The number of amides is 6. The van der Waals surface area contributed by atoms with Gasteiger partial charge in [-0.2, -0.15) is 18.4 Å². The van der Waals surface area contributed by atoms with Crippen LogP contribution >= 0.6 is 11.8 Å². The third-order valence-electron chi connectivity index (χ3n) is 9.23. The molecule has 0 aromatic heterocycles. The summed E-state index contributed by atoms with van der Waals surface area (Å²) in [5.41, 5.74) is -0.172. The number of imide groups is 3. The average molecular weight is 852 g/mol. The number of methoxy groups -OCH3 is 1. The zero-order valence-corrected chi connectivity index (χ0v) is 32.6. The highest BCUT2D eigenvalue weighted by atomic mass is 32.2. The Balaban J connectivity index is 0.875. The first-order chi connectivity index (χ1) is 28.8. The summed E-state index contributed by atoms with van der Waals surface area (Å²) in [4.78, 5) is 77.7. The van der Waals surface area contributed by atoms with E-state index in [1.165, 1.54) is 43.5 Å². The van der Waals surface area contributed by atoms with Gasteiger partial charge in [-0.3, -0.25) is 43.9 Å². The van der Waals surface area contributed by atoms with Gasteiger partial charge in [-0.05, 0) is 72.3 Å². The Bertz CT molecular complexity index is 2280. The molecule has 2 saturated heterocycles. The zero-order chi connectivity index (χ0) is 43.0. The van der Waals surface area contributed by atoms with Gasteiger partial charge in [-0.25, -0.2) is 0 Å². The lowest BCUT2D eigenvalue weighted by Gasteiger charge is -2.27. The fourth-order valence-electron chi connectivity index (χ4n) is 6.35. The van der Waals surface area contributed by atoms with E-state index in [0.717, 1.165) is 27.6 Å². The molecule has 2 fully saturated rings. The summed E-state index contributed by atoms with van der Waals surface area (Å²) < 4.78 is 68.4. The second kappa shape index (κ2) is 19.2. The minimum absolute atomic E-state index is 0.0142. The third kappa shape index (κ3) is 9.94. The van der Waals surface area contributed by atoms with E-state index in [1.54, 1.807) is 18.2 Å². The molecule has 3 heterocycles. The van der Waals surface area contributed by atoms with Crippen molar-refractivity contribution in [3.63, 3.8) is 0 Å². The highest BCUT2D eigenvalue weighted by molar-refractivity contribution is 8.18. The second-order valence-electron chi connectivity index (χ2n) is 13.1. The number of hydrogen-bond donors (Lipinski definition) is 2. The van der Waals surface area contributed by atoms with Crippen molar-refractivity contribution in [1.29, 1.82) is 5.26 Å². The molecule has 0 spiro atoms. The van der Waals surface area contributed by atoms with Crippen LogP contribution in [0, 0.1) is 11.3 Å². The van der Waals surface area contributed by atoms with Crippen LogP contribution in [-0.4, -0.2) is 110 Å². The van der Waals surface area contributed by atoms with Gasteiger partial charge < -0.3 is 29.0 Å². The van der Waals surface area contributed by atoms with Crippen molar-refractivity contribution in [2.45, 2.75) is 25.1 Å². The van der Waals surface area contributed by atoms with E-state index in [9.17, 15) is 41.9 Å². The molecule has 16 nitrogen and oxygen atoms in total. The van der Waals surface area contributed by atoms with E-state index < -0.39 is 58.3 Å². The molecule has 60 heavy (non-hydrogen) atoms. The topological polar surface area (TPSA) is 203 Å². The molecule has 0 saturated carbocycles. The largest absolute Gasteiger partial charge is 0.493 e. The molecule has 3 aromatic carbocycles. The molecule has 314 valence electrons. The Morgan fingerprint density at radius 1 is 0.883 bits per heavy atom. The summed E-state index contributed by atoms with van der Waals surface area (Å²) in [6.07, 6.45) is -3.25. The summed E-state index contributed by atoms with van der Waals surface area (Å²) in [6, 6.07) is 12.6. The summed E-state index contributed by atoms with van der Waals surface area (Å²) in [7, 11) is 1.29. The quantitative estimate of drug-likeness (QED) is 0.0986. The summed E-state index contributed by atoms with van der Waals surface area (Å²) in [6.45, 7) is 1.46. The number of thioether (sulfide) groups is 1. The average Bonchev–Trinajstić information content (AvgIpc) is 3.63. The lowest BCUT2D eigenvalue weighted by atomic mass is 10.0. The van der Waals surface area contributed by atoms with E-state index in [1.807, 2.05) is 0 Å². The first kappa shape index (κ1) is 43.3. The van der Waals surface area contributed by atoms with Crippen molar-refractivity contribution in [2.24, 2.45) is 0 Å². The van der Waals surface area contributed by atoms with Crippen LogP contribution in [0.3, 0.4) is 0 Å². The fourth-order valence-corrected chi connectivity index (χ4v) is 7.21. The molecule has 0 radical (unpaired) electrons. The zero-order valence-electron chi connectivity index (χ0n) is 31.8. The minimum Gasteiger partial charge on any atom is -0.493 e. The van der Waals surface area contributed by atoms with Crippen molar-refractivity contribution in [3.05, 3.63) is 87.3 Å². The summed E-state index contributed by atoms with van der Waals surface area (Å²) >= 11 is 0.721. The highest BCUT2D eigenvalue weighted by Gasteiger charge is 2.45. The molecule has 6 amide bonds. The number of rotatable bonds is 18. The number of nitrogens with zero attached hydrogens (tertiary/aromatic N) is 3. The number of carbonyl (C=O) groups excluding carboxylic acids is 6. The van der Waals surface area contributed by atoms with E-state index in [-0.39, 0.29) is 92.1 Å². The first-order valence-electron chi connectivity index (χ1n) is 18.3. The maximum atomic E-state index is 13.6. The Hall–Kier alpha value is -6.27. The Morgan fingerprint density at radius 3 is 2.30 bits per heavy atom. The van der Waals surface area contributed by atoms with Gasteiger partial charge in [-0.15, -0.1) is 0 Å². The molecule has 1 atom stereocenters. The summed E-state index contributed by atoms with van der Waals surface area (Å²) in [5.74, 6) is -3.41. The number of carbonyl (C=O) groups is 6. The number of piperidine rings is 1. The molecule has 3 aliphatic rings. The summed E-state index contributed by atoms with van der Waals surface area (Å²) in [5, 5.41) is 13.8. The van der Waals surface area contributed by atoms with Crippen LogP contribution in [0.25, 0.3) is 6.08 Å². The highest BCUT2D eigenvalue weighted by Crippen LogP contribution is 2.42. The monoisotopic (exact) mass is 851 g/mol. The second-order valence-corrected chi connectivity index (χ2v) is 14.1. The van der Waals surface area contributed by atoms with Gasteiger partial charge >= 0.3 is 6.18 Å². The molecule has 20 heteroatoms. The Labute approximate surface area is 344 Å². The number of fused-ring (bicyclic) bond motifs is 1. The number of ether oxygens (including phenoxy) is 5. The number of anilines is 1. The van der Waals surface area contributed by atoms with Gasteiger partial charge in [0.15, 0.2) is 11.5 Å². The van der Waals surface area contributed by atoms with Crippen molar-refractivity contribution in [2.75, 3.05) is 65.2 Å². The Morgan fingerprint density at radius 2 is 1.60 bits per heavy atom. The van der Waals surface area contributed by atoms with Crippen LogP contribution in [0.1, 0.15) is 50.2 Å². The standard InChI is InChI=1S/C40H36F3N5O11S/c1-55-31-20-23(5-9-30(31)59-29-8-6-24(22-44)19-26(29)40(41,42)43)21-32-37(52)47(39(54)60-32)12-14-57-16-18-58-17-15-56-13-11-45-27-4-2-3-25-34(27)38(53)48(36(25)51)28-7-10-33(49)46-35(28)50/h2-6,8-9,19-21,28,45H,7,10-18H2,1H3,(H,46,49,50). The molecule has 3 aromatic rings. The maximum Gasteiger partial charge on any atom is 0.420 e. The van der Waals surface area contributed by atoms with Gasteiger partial charge in [-0.1, -0.05) is 12.1 Å². The van der Waals surface area contributed by atoms with Crippen LogP contribution in [0.5, 0.6) is 17.2 Å².